The highest BCUT2D eigenvalue weighted by Gasteiger charge is 2.10. The molecule has 0 aromatic heterocycles. The predicted molar refractivity (Wildman–Crippen MR) is 91.7 cm³/mol. The fourth-order valence-corrected chi connectivity index (χ4v) is 2.88. The molecule has 2 rings (SSSR count). The van der Waals surface area contributed by atoms with E-state index in [2.05, 4.69) is 5.32 Å². The predicted octanol–water partition coefficient (Wildman–Crippen LogP) is 4.14. The molecule has 23 heavy (non-hydrogen) atoms. The number of halogens is 1. The van der Waals surface area contributed by atoms with Crippen LogP contribution in [0.25, 0.3) is 0 Å². The summed E-state index contributed by atoms with van der Waals surface area (Å²) >= 11 is 1.65. The van der Waals surface area contributed by atoms with E-state index in [1.165, 1.54) is 12.1 Å². The van der Waals surface area contributed by atoms with E-state index in [1.807, 2.05) is 19.1 Å². The number of carbonyl (C=O) groups is 1. The van der Waals surface area contributed by atoms with Gasteiger partial charge in [0, 0.05) is 11.4 Å². The summed E-state index contributed by atoms with van der Waals surface area (Å²) in [5.74, 6) is 1.11. The number of carbonyl (C=O) groups excluding carboxylic acids is 1. The van der Waals surface area contributed by atoms with Gasteiger partial charge in [-0.1, -0.05) is 12.1 Å². The Morgan fingerprint density at radius 1 is 1.17 bits per heavy atom. The van der Waals surface area contributed by atoms with Crippen LogP contribution in [0.4, 0.5) is 4.39 Å². The molecule has 0 saturated carbocycles. The molecule has 1 N–H and O–H groups in total. The molecule has 0 aliphatic rings. The van der Waals surface area contributed by atoms with Crippen molar-refractivity contribution in [1.82, 2.24) is 5.32 Å². The Morgan fingerprint density at radius 2 is 1.91 bits per heavy atom. The maximum absolute atomic E-state index is 12.8. The highest BCUT2D eigenvalue weighted by atomic mass is 32.2. The van der Waals surface area contributed by atoms with Gasteiger partial charge in [-0.3, -0.25) is 4.79 Å². The molecule has 1 amide bonds. The topological polar surface area (TPSA) is 38.3 Å². The Balaban J connectivity index is 1.73. The zero-order chi connectivity index (χ0) is 16.5. The molecule has 0 saturated heterocycles. The van der Waals surface area contributed by atoms with Gasteiger partial charge in [-0.15, -0.1) is 11.8 Å². The second-order valence-electron chi connectivity index (χ2n) is 4.84. The second kappa shape index (κ2) is 9.20. The van der Waals surface area contributed by atoms with Crippen LogP contribution in [0.2, 0.25) is 0 Å². The van der Waals surface area contributed by atoms with Gasteiger partial charge in [-0.25, -0.2) is 4.39 Å². The monoisotopic (exact) mass is 333 g/mol. The van der Waals surface area contributed by atoms with Crippen molar-refractivity contribution in [1.29, 1.82) is 0 Å². The lowest BCUT2D eigenvalue weighted by Crippen LogP contribution is -2.25. The maximum Gasteiger partial charge on any atom is 0.255 e. The van der Waals surface area contributed by atoms with E-state index in [-0.39, 0.29) is 11.7 Å². The van der Waals surface area contributed by atoms with Gasteiger partial charge in [0.15, 0.2) is 0 Å². The minimum Gasteiger partial charge on any atom is -0.493 e. The summed E-state index contributed by atoms with van der Waals surface area (Å²) in [6.07, 6.45) is 0.838. The Bertz CT molecular complexity index is 631. The zero-order valence-corrected chi connectivity index (χ0v) is 13.9. The van der Waals surface area contributed by atoms with Crippen LogP contribution in [0.3, 0.4) is 0 Å². The molecule has 0 aliphatic carbocycles. The molecule has 0 bridgehead atoms. The van der Waals surface area contributed by atoms with Gasteiger partial charge in [-0.2, -0.15) is 0 Å². The second-order valence-corrected chi connectivity index (χ2v) is 6.01. The van der Waals surface area contributed by atoms with Gasteiger partial charge in [0.1, 0.15) is 11.6 Å². The summed E-state index contributed by atoms with van der Waals surface area (Å²) in [4.78, 5) is 13.2. The Morgan fingerprint density at radius 3 is 2.65 bits per heavy atom. The number of thioether (sulfide) groups is 1. The Hall–Kier alpha value is -2.01. The SMILES string of the molecule is CCOc1ccccc1C(=O)NCCCSc1ccc(F)cc1. The summed E-state index contributed by atoms with van der Waals surface area (Å²) in [6, 6.07) is 13.6. The van der Waals surface area contributed by atoms with E-state index in [0.717, 1.165) is 17.1 Å². The van der Waals surface area contributed by atoms with Crippen LogP contribution in [0.15, 0.2) is 53.4 Å². The van der Waals surface area contributed by atoms with Crippen LogP contribution in [-0.2, 0) is 0 Å². The molecule has 3 nitrogen and oxygen atoms in total. The summed E-state index contributed by atoms with van der Waals surface area (Å²) in [5, 5.41) is 2.90. The minimum atomic E-state index is -0.227. The first-order valence-corrected chi connectivity index (χ1v) is 8.57. The van der Waals surface area contributed by atoms with Gasteiger partial charge < -0.3 is 10.1 Å². The maximum atomic E-state index is 12.8. The fraction of sp³-hybridized carbons (Fsp3) is 0.278. The van der Waals surface area contributed by atoms with Crippen molar-refractivity contribution in [3.8, 4) is 5.75 Å². The van der Waals surface area contributed by atoms with Crippen molar-refractivity contribution in [2.24, 2.45) is 0 Å². The van der Waals surface area contributed by atoms with E-state index < -0.39 is 0 Å². The zero-order valence-electron chi connectivity index (χ0n) is 13.0. The first kappa shape index (κ1) is 17.3. The quantitative estimate of drug-likeness (QED) is 0.583. The van der Waals surface area contributed by atoms with E-state index in [1.54, 1.807) is 36.0 Å². The molecule has 0 heterocycles. The summed E-state index contributed by atoms with van der Waals surface area (Å²) in [5.41, 5.74) is 0.556. The van der Waals surface area contributed by atoms with Crippen molar-refractivity contribution in [2.45, 2.75) is 18.2 Å². The number of hydrogen-bond acceptors (Lipinski definition) is 3. The first-order valence-electron chi connectivity index (χ1n) is 7.59. The van der Waals surface area contributed by atoms with E-state index in [4.69, 9.17) is 4.74 Å². The van der Waals surface area contributed by atoms with Gasteiger partial charge in [-0.05, 0) is 55.5 Å². The number of nitrogens with one attached hydrogen (secondary N) is 1. The van der Waals surface area contributed by atoms with Gasteiger partial charge in [0.2, 0.25) is 0 Å². The lowest BCUT2D eigenvalue weighted by Gasteiger charge is -2.10. The smallest absolute Gasteiger partial charge is 0.255 e. The fourth-order valence-electron chi connectivity index (χ4n) is 2.03. The van der Waals surface area contributed by atoms with Gasteiger partial charge >= 0.3 is 0 Å². The number of amides is 1. The van der Waals surface area contributed by atoms with E-state index in [0.29, 0.717) is 24.5 Å². The first-order chi connectivity index (χ1) is 11.2. The largest absolute Gasteiger partial charge is 0.493 e. The molecular formula is C18H20FNO2S. The van der Waals surface area contributed by atoms with Crippen molar-refractivity contribution in [2.75, 3.05) is 18.9 Å². The minimum absolute atomic E-state index is 0.124. The third kappa shape index (κ3) is 5.60. The Labute approximate surface area is 140 Å². The normalized spacial score (nSPS) is 10.3. The average Bonchev–Trinajstić information content (AvgIpc) is 2.57. The third-order valence-corrected chi connectivity index (χ3v) is 4.22. The van der Waals surface area contributed by atoms with Crippen molar-refractivity contribution >= 4 is 17.7 Å². The molecule has 5 heteroatoms. The molecule has 2 aromatic carbocycles. The number of hydrogen-bond donors (Lipinski definition) is 1. The molecule has 0 atom stereocenters. The van der Waals surface area contributed by atoms with Crippen LogP contribution in [-0.4, -0.2) is 24.8 Å². The summed E-state index contributed by atoms with van der Waals surface area (Å²) in [6.45, 7) is 3.01. The molecule has 0 fully saturated rings. The average molecular weight is 333 g/mol. The molecule has 122 valence electrons. The van der Waals surface area contributed by atoms with E-state index >= 15 is 0 Å². The molecule has 0 unspecified atom stereocenters. The molecule has 2 aromatic rings. The highest BCUT2D eigenvalue weighted by molar-refractivity contribution is 7.99. The highest BCUT2D eigenvalue weighted by Crippen LogP contribution is 2.19. The lowest BCUT2D eigenvalue weighted by atomic mass is 10.2. The van der Waals surface area contributed by atoms with E-state index in [9.17, 15) is 9.18 Å². The summed E-state index contributed by atoms with van der Waals surface area (Å²) < 4.78 is 18.3. The summed E-state index contributed by atoms with van der Waals surface area (Å²) in [7, 11) is 0. The molecular weight excluding hydrogens is 313 g/mol. The Kier molecular flexibility index (Phi) is 6.94. The molecule has 0 aliphatic heterocycles. The van der Waals surface area contributed by atoms with Crippen LogP contribution in [0.5, 0.6) is 5.75 Å². The lowest BCUT2D eigenvalue weighted by molar-refractivity contribution is 0.0950. The van der Waals surface area contributed by atoms with Crippen molar-refractivity contribution < 1.29 is 13.9 Å². The van der Waals surface area contributed by atoms with Crippen LogP contribution < -0.4 is 10.1 Å². The van der Waals surface area contributed by atoms with Crippen LogP contribution in [0.1, 0.15) is 23.7 Å². The number of para-hydroxylation sites is 1. The third-order valence-electron chi connectivity index (χ3n) is 3.12. The van der Waals surface area contributed by atoms with Gasteiger partial charge in [0.05, 0.1) is 12.2 Å². The number of benzene rings is 2. The number of rotatable bonds is 8. The van der Waals surface area contributed by atoms with Crippen molar-refractivity contribution in [3.63, 3.8) is 0 Å². The standard InChI is InChI=1S/C18H20FNO2S/c1-2-22-17-7-4-3-6-16(17)18(21)20-12-5-13-23-15-10-8-14(19)9-11-15/h3-4,6-11H,2,5,12-13H2,1H3,(H,20,21). The molecule has 0 radical (unpaired) electrons. The van der Waals surface area contributed by atoms with Gasteiger partial charge in [0.25, 0.3) is 5.91 Å². The van der Waals surface area contributed by atoms with Crippen LogP contribution >= 0.6 is 11.8 Å². The molecule has 0 spiro atoms. The van der Waals surface area contributed by atoms with Crippen molar-refractivity contribution in [3.05, 3.63) is 59.9 Å². The van der Waals surface area contributed by atoms with Crippen LogP contribution in [0, 0.1) is 5.82 Å². The number of ether oxygens (including phenoxy) is 1.